The number of benzene rings is 1. The molecule has 0 spiro atoms. The molecule has 3 aromatic rings. The van der Waals surface area contributed by atoms with Gasteiger partial charge < -0.3 is 19.2 Å². The monoisotopic (exact) mass is 496 g/mol. The van der Waals surface area contributed by atoms with Gasteiger partial charge in [0.05, 0.1) is 17.6 Å². The van der Waals surface area contributed by atoms with E-state index in [9.17, 15) is 23.1 Å². The molecule has 12 heteroatoms. The lowest BCUT2D eigenvalue weighted by Gasteiger charge is -2.55. The number of rotatable bonds is 3. The first kappa shape index (κ1) is 22.9. The number of ether oxygens (including phenoxy) is 1. The molecule has 34 heavy (non-hydrogen) atoms. The van der Waals surface area contributed by atoms with Crippen LogP contribution in [0, 0.1) is 0 Å². The van der Waals surface area contributed by atoms with Gasteiger partial charge in [0.25, 0.3) is 6.01 Å². The van der Waals surface area contributed by atoms with Gasteiger partial charge in [-0.3, -0.25) is 4.90 Å². The minimum Gasteiger partial charge on any atom is -0.444 e. The number of anilines is 1. The molecule has 1 N–H and O–H groups in total. The van der Waals surface area contributed by atoms with Gasteiger partial charge in [0.15, 0.2) is 11.7 Å². The largest absolute Gasteiger partial charge is 0.444 e. The van der Waals surface area contributed by atoms with Crippen molar-refractivity contribution in [1.82, 2.24) is 14.9 Å². The number of nitrogens with zero attached hydrogens (tertiary/aromatic N) is 4. The van der Waals surface area contributed by atoms with Gasteiger partial charge in [-0.2, -0.15) is 18.2 Å². The maximum atomic E-state index is 13.2. The number of aliphatic hydroxyl groups is 1. The van der Waals surface area contributed by atoms with E-state index in [1.807, 2.05) is 25.7 Å². The van der Waals surface area contributed by atoms with Crippen molar-refractivity contribution in [2.75, 3.05) is 18.0 Å². The normalized spacial score (nSPS) is 21.5. The number of fused-ring (bicyclic) bond motifs is 3. The van der Waals surface area contributed by atoms with Crippen molar-refractivity contribution in [3.63, 3.8) is 0 Å². The number of piperazine rings is 1. The van der Waals surface area contributed by atoms with Gasteiger partial charge in [-0.25, -0.2) is 9.78 Å². The molecule has 3 aliphatic heterocycles. The lowest BCUT2D eigenvalue weighted by atomic mass is 9.88. The van der Waals surface area contributed by atoms with E-state index < -0.39 is 17.9 Å². The van der Waals surface area contributed by atoms with E-state index in [1.54, 1.807) is 16.5 Å². The topological polar surface area (TPSA) is 91.9 Å². The number of aliphatic hydroxyl groups excluding tert-OH is 1. The van der Waals surface area contributed by atoms with Crippen LogP contribution in [0.15, 0.2) is 28.1 Å². The Morgan fingerprint density at radius 3 is 2.56 bits per heavy atom. The summed E-state index contributed by atoms with van der Waals surface area (Å²) in [5, 5.41) is 12.0. The van der Waals surface area contributed by atoms with Crippen LogP contribution in [0.3, 0.4) is 0 Å². The van der Waals surface area contributed by atoms with Crippen LogP contribution in [0.1, 0.15) is 38.9 Å². The first-order chi connectivity index (χ1) is 15.9. The first-order valence-electron chi connectivity index (χ1n) is 10.8. The quantitative estimate of drug-likeness (QED) is 0.560. The molecule has 1 amide bonds. The summed E-state index contributed by atoms with van der Waals surface area (Å²) in [6, 6.07) is 2.56. The van der Waals surface area contributed by atoms with Crippen molar-refractivity contribution in [3.8, 4) is 10.6 Å². The van der Waals surface area contributed by atoms with E-state index in [4.69, 9.17) is 9.15 Å². The van der Waals surface area contributed by atoms with Crippen LogP contribution in [0.4, 0.5) is 24.0 Å². The zero-order valence-electron chi connectivity index (χ0n) is 18.7. The molecule has 5 heterocycles. The van der Waals surface area contributed by atoms with Crippen molar-refractivity contribution in [1.29, 1.82) is 0 Å². The van der Waals surface area contributed by atoms with E-state index in [0.29, 0.717) is 29.2 Å². The van der Waals surface area contributed by atoms with E-state index in [-0.39, 0.29) is 35.3 Å². The maximum Gasteiger partial charge on any atom is 0.418 e. The second-order valence-corrected chi connectivity index (χ2v) is 10.4. The van der Waals surface area contributed by atoms with Crippen LogP contribution in [-0.2, 0) is 4.74 Å². The number of hydrogen-bond acceptors (Lipinski definition) is 8. The molecule has 0 aliphatic carbocycles. The highest BCUT2D eigenvalue weighted by molar-refractivity contribution is 7.13. The van der Waals surface area contributed by atoms with E-state index in [2.05, 4.69) is 9.97 Å². The predicted molar refractivity (Wildman–Crippen MR) is 119 cm³/mol. The van der Waals surface area contributed by atoms with Crippen molar-refractivity contribution >= 4 is 34.5 Å². The van der Waals surface area contributed by atoms with E-state index >= 15 is 0 Å². The summed E-state index contributed by atoms with van der Waals surface area (Å²) in [7, 11) is 0. The Balaban J connectivity index is 1.45. The van der Waals surface area contributed by atoms with Crippen LogP contribution < -0.4 is 4.90 Å². The molecule has 0 saturated carbocycles. The number of amides is 1. The SMILES string of the molecule is CC(C)(C)OC(=O)N1C2CC1CN(c1nc3cc(C(O)C(F)(F)F)cc(-c4nccs4)c3o1)C2. The fourth-order valence-electron chi connectivity index (χ4n) is 4.42. The third-order valence-electron chi connectivity index (χ3n) is 5.86. The van der Waals surface area contributed by atoms with Crippen LogP contribution >= 0.6 is 11.3 Å². The molecule has 1 aromatic carbocycles. The van der Waals surface area contributed by atoms with Crippen molar-refractivity contribution < 1.29 is 32.2 Å². The van der Waals surface area contributed by atoms with Gasteiger partial charge in [-0.15, -0.1) is 11.3 Å². The molecule has 3 atom stereocenters. The van der Waals surface area contributed by atoms with Gasteiger partial charge in [0, 0.05) is 24.7 Å². The number of aromatic nitrogens is 2. The number of alkyl halides is 3. The highest BCUT2D eigenvalue weighted by atomic mass is 32.1. The van der Waals surface area contributed by atoms with Gasteiger partial charge >= 0.3 is 12.3 Å². The summed E-state index contributed by atoms with van der Waals surface area (Å²) < 4.78 is 51.1. The molecule has 6 rings (SSSR count). The average Bonchev–Trinajstić information content (AvgIpc) is 3.40. The lowest BCUT2D eigenvalue weighted by molar-refractivity contribution is -0.206. The van der Waals surface area contributed by atoms with Crippen LogP contribution in [0.25, 0.3) is 21.7 Å². The third-order valence-corrected chi connectivity index (χ3v) is 6.66. The van der Waals surface area contributed by atoms with Crippen LogP contribution in [-0.4, -0.2) is 63.0 Å². The van der Waals surface area contributed by atoms with E-state index in [0.717, 1.165) is 6.42 Å². The van der Waals surface area contributed by atoms with Crippen molar-refractivity contribution in [2.24, 2.45) is 0 Å². The highest BCUT2D eigenvalue weighted by Gasteiger charge is 2.49. The summed E-state index contributed by atoms with van der Waals surface area (Å²) >= 11 is 1.25. The maximum absolute atomic E-state index is 13.2. The molecule has 2 aromatic heterocycles. The number of hydrogen-bond donors (Lipinski definition) is 1. The summed E-state index contributed by atoms with van der Waals surface area (Å²) in [4.78, 5) is 24.8. The minimum atomic E-state index is -4.82. The molecular weight excluding hydrogens is 473 g/mol. The van der Waals surface area contributed by atoms with Crippen LogP contribution in [0.2, 0.25) is 0 Å². The molecule has 0 radical (unpaired) electrons. The third kappa shape index (κ3) is 4.09. The van der Waals surface area contributed by atoms with Crippen LogP contribution in [0.5, 0.6) is 0 Å². The standard InChI is InChI=1S/C22H23F3N4O4S/c1-21(2,3)33-20(31)29-12-8-13(29)10-28(9-12)19-27-15-7-11(17(30)22(23,24)25)6-14(16(15)32-19)18-26-4-5-34-18/h4-7,12-13,17,30H,8-10H2,1-3H3. The molecule has 3 fully saturated rings. The van der Waals surface area contributed by atoms with E-state index in [1.165, 1.54) is 23.5 Å². The van der Waals surface area contributed by atoms with Crippen molar-refractivity contribution in [2.45, 2.75) is 57.2 Å². The smallest absolute Gasteiger partial charge is 0.418 e. The molecule has 3 saturated heterocycles. The van der Waals surface area contributed by atoms with Gasteiger partial charge in [0.1, 0.15) is 16.1 Å². The predicted octanol–water partition coefficient (Wildman–Crippen LogP) is 4.75. The fourth-order valence-corrected chi connectivity index (χ4v) is 5.07. The summed E-state index contributed by atoms with van der Waals surface area (Å²) in [5.41, 5.74) is -0.0911. The van der Waals surface area contributed by atoms with Gasteiger partial charge in [-0.1, -0.05) is 0 Å². The van der Waals surface area contributed by atoms with Crippen molar-refractivity contribution in [3.05, 3.63) is 29.3 Å². The molecular formula is C22H23F3N4O4S. The number of oxazole rings is 1. The summed E-state index contributed by atoms with van der Waals surface area (Å²) in [6.07, 6.45) is -5.45. The number of piperidine rings is 1. The Morgan fingerprint density at radius 2 is 1.97 bits per heavy atom. The number of carbonyl (C=O) groups is 1. The number of carbonyl (C=O) groups excluding carboxylic acids is 1. The zero-order valence-corrected chi connectivity index (χ0v) is 19.5. The zero-order chi connectivity index (χ0) is 24.4. The summed E-state index contributed by atoms with van der Waals surface area (Å²) in [5.74, 6) is 0. The van der Waals surface area contributed by atoms with Gasteiger partial charge in [-0.05, 0) is 44.9 Å². The molecule has 182 valence electrons. The fraction of sp³-hybridized carbons (Fsp3) is 0.500. The molecule has 3 aliphatic rings. The first-order valence-corrected chi connectivity index (χ1v) is 11.6. The van der Waals surface area contributed by atoms with Gasteiger partial charge in [0.2, 0.25) is 0 Å². The number of thiazole rings is 1. The highest BCUT2D eigenvalue weighted by Crippen LogP contribution is 2.41. The minimum absolute atomic E-state index is 0.0651. The molecule has 3 unspecified atom stereocenters. The summed E-state index contributed by atoms with van der Waals surface area (Å²) in [6.45, 7) is 6.37. The Bertz CT molecular complexity index is 1210. The number of halogens is 3. The Morgan fingerprint density at radius 1 is 1.26 bits per heavy atom. The Labute approximate surface area is 196 Å². The second kappa shape index (κ2) is 7.84. The second-order valence-electron chi connectivity index (χ2n) is 9.53. The Hall–Kier alpha value is -2.86. The Kier molecular flexibility index (Phi) is 5.28. The lowest BCUT2D eigenvalue weighted by Crippen LogP contribution is -2.70. The average molecular weight is 497 g/mol. The molecule has 2 bridgehead atoms. The molecule has 8 nitrogen and oxygen atoms in total.